The Morgan fingerprint density at radius 3 is 2.61 bits per heavy atom. The summed E-state index contributed by atoms with van der Waals surface area (Å²) in [6.07, 6.45) is 2.37. The normalized spacial score (nSPS) is 10.4. The van der Waals surface area contributed by atoms with E-state index in [1.54, 1.807) is 19.4 Å². The first-order valence-electron chi connectivity index (χ1n) is 9.27. The molecule has 0 bridgehead atoms. The molecule has 0 aliphatic carbocycles. The maximum atomic E-state index is 12.3. The molecule has 0 fully saturated rings. The Bertz CT molecular complexity index is 952. The van der Waals surface area contributed by atoms with E-state index in [1.807, 2.05) is 36.4 Å². The minimum atomic E-state index is -0.187. The summed E-state index contributed by atoms with van der Waals surface area (Å²) in [5.41, 5.74) is 5.72. The summed E-state index contributed by atoms with van der Waals surface area (Å²) in [7, 11) is 1.65. The van der Waals surface area contributed by atoms with Gasteiger partial charge in [-0.2, -0.15) is 0 Å². The van der Waals surface area contributed by atoms with Crippen LogP contribution in [0.15, 0.2) is 60.8 Å². The van der Waals surface area contributed by atoms with Gasteiger partial charge in [-0.15, -0.1) is 0 Å². The average Bonchev–Trinajstić information content (AvgIpc) is 2.71. The number of nitrogens with one attached hydrogen (secondary N) is 2. The second-order valence-electron chi connectivity index (χ2n) is 6.69. The zero-order chi connectivity index (χ0) is 19.9. The lowest BCUT2D eigenvalue weighted by molar-refractivity contribution is 0.0949. The zero-order valence-corrected chi connectivity index (χ0v) is 16.5. The number of hydrogen-bond donors (Lipinski definition) is 2. The lowest BCUT2D eigenvalue weighted by Crippen LogP contribution is -2.26. The number of anilines is 2. The number of amides is 1. The van der Waals surface area contributed by atoms with Crippen molar-refractivity contribution in [3.63, 3.8) is 0 Å². The molecule has 0 spiro atoms. The van der Waals surface area contributed by atoms with Crippen molar-refractivity contribution >= 4 is 17.3 Å². The van der Waals surface area contributed by atoms with Gasteiger partial charge in [0.05, 0.1) is 19.0 Å². The van der Waals surface area contributed by atoms with Gasteiger partial charge in [-0.25, -0.2) is 4.98 Å². The molecule has 0 aliphatic heterocycles. The van der Waals surface area contributed by atoms with Crippen molar-refractivity contribution in [2.45, 2.75) is 20.3 Å². The fraction of sp³-hybridized carbons (Fsp3) is 0.217. The van der Waals surface area contributed by atoms with Gasteiger partial charge in [-0.3, -0.25) is 4.79 Å². The molecule has 0 radical (unpaired) electrons. The second kappa shape index (κ2) is 9.04. The summed E-state index contributed by atoms with van der Waals surface area (Å²) >= 11 is 0. The molecule has 28 heavy (non-hydrogen) atoms. The number of methoxy groups -OCH3 is 1. The molecular weight excluding hydrogens is 350 g/mol. The molecule has 2 N–H and O–H groups in total. The molecule has 5 nitrogen and oxygen atoms in total. The topological polar surface area (TPSA) is 63.2 Å². The summed E-state index contributed by atoms with van der Waals surface area (Å²) in [6.45, 7) is 4.65. The number of para-hydroxylation sites is 1. The Morgan fingerprint density at radius 1 is 1.07 bits per heavy atom. The van der Waals surface area contributed by atoms with Crippen LogP contribution in [-0.2, 0) is 6.42 Å². The van der Waals surface area contributed by atoms with Crippen molar-refractivity contribution in [3.8, 4) is 5.75 Å². The van der Waals surface area contributed by atoms with E-state index in [9.17, 15) is 4.79 Å². The number of rotatable bonds is 7. The molecule has 0 saturated heterocycles. The predicted molar refractivity (Wildman–Crippen MR) is 112 cm³/mol. The first-order chi connectivity index (χ1) is 13.6. The third kappa shape index (κ3) is 4.88. The van der Waals surface area contributed by atoms with Crippen LogP contribution in [0.5, 0.6) is 5.75 Å². The number of aromatic nitrogens is 1. The fourth-order valence-electron chi connectivity index (χ4n) is 3.02. The van der Waals surface area contributed by atoms with Crippen LogP contribution < -0.4 is 15.4 Å². The number of carbonyl (C=O) groups excluding carboxylic acids is 1. The summed E-state index contributed by atoms with van der Waals surface area (Å²) in [4.78, 5) is 16.6. The first-order valence-corrected chi connectivity index (χ1v) is 9.27. The number of nitrogens with zero attached hydrogens (tertiary/aromatic N) is 1. The second-order valence-corrected chi connectivity index (χ2v) is 6.69. The van der Waals surface area contributed by atoms with Gasteiger partial charge in [0, 0.05) is 12.2 Å². The van der Waals surface area contributed by atoms with E-state index < -0.39 is 0 Å². The molecule has 0 atom stereocenters. The maximum absolute atomic E-state index is 12.3. The average molecular weight is 375 g/mol. The third-order valence-electron chi connectivity index (χ3n) is 4.53. The highest BCUT2D eigenvalue weighted by atomic mass is 16.5. The summed E-state index contributed by atoms with van der Waals surface area (Å²) in [5.74, 6) is 0.643. The Labute approximate surface area is 165 Å². The summed E-state index contributed by atoms with van der Waals surface area (Å²) < 4.78 is 5.33. The van der Waals surface area contributed by atoms with Gasteiger partial charge in [0.25, 0.3) is 5.91 Å². The molecule has 1 aromatic heterocycles. The minimum absolute atomic E-state index is 0.187. The lowest BCUT2D eigenvalue weighted by Gasteiger charge is -2.11. The van der Waals surface area contributed by atoms with Gasteiger partial charge in [0.2, 0.25) is 0 Å². The van der Waals surface area contributed by atoms with Gasteiger partial charge < -0.3 is 15.4 Å². The van der Waals surface area contributed by atoms with E-state index in [4.69, 9.17) is 4.74 Å². The molecule has 2 aromatic carbocycles. The van der Waals surface area contributed by atoms with Crippen LogP contribution in [-0.4, -0.2) is 24.5 Å². The van der Waals surface area contributed by atoms with Gasteiger partial charge in [0.15, 0.2) is 0 Å². The molecule has 3 aromatic rings. The van der Waals surface area contributed by atoms with Crippen LogP contribution in [0.25, 0.3) is 0 Å². The molecule has 0 saturated carbocycles. The maximum Gasteiger partial charge on any atom is 0.269 e. The zero-order valence-electron chi connectivity index (χ0n) is 16.5. The standard InChI is InChI=1S/C23H25N3O2/c1-16-8-10-20(17(2)14-16)26-19-9-11-21(25-15-19)23(27)24-13-12-18-6-4-5-7-22(18)28-3/h4-11,14-15,26H,12-13H2,1-3H3,(H,24,27). The number of ether oxygens (including phenoxy) is 1. The number of hydrogen-bond acceptors (Lipinski definition) is 4. The van der Waals surface area contributed by atoms with Crippen molar-refractivity contribution in [1.29, 1.82) is 0 Å². The Hall–Kier alpha value is -3.34. The number of carbonyl (C=O) groups is 1. The fourth-order valence-corrected chi connectivity index (χ4v) is 3.02. The largest absolute Gasteiger partial charge is 0.496 e. The monoisotopic (exact) mass is 375 g/mol. The predicted octanol–water partition coefficient (Wildman–Crippen LogP) is 4.42. The Kier molecular flexibility index (Phi) is 6.27. The Balaban J connectivity index is 1.56. The van der Waals surface area contributed by atoms with E-state index in [-0.39, 0.29) is 5.91 Å². The van der Waals surface area contributed by atoms with Gasteiger partial charge in [-0.05, 0) is 55.7 Å². The number of benzene rings is 2. The van der Waals surface area contributed by atoms with E-state index in [2.05, 4.69) is 41.6 Å². The van der Waals surface area contributed by atoms with Crippen LogP contribution in [0.2, 0.25) is 0 Å². The van der Waals surface area contributed by atoms with Crippen LogP contribution in [0.1, 0.15) is 27.2 Å². The van der Waals surface area contributed by atoms with Gasteiger partial charge in [-0.1, -0.05) is 35.9 Å². The van der Waals surface area contributed by atoms with E-state index in [0.717, 1.165) is 28.3 Å². The van der Waals surface area contributed by atoms with Crippen molar-refractivity contribution in [2.24, 2.45) is 0 Å². The van der Waals surface area contributed by atoms with Crippen LogP contribution in [0, 0.1) is 13.8 Å². The van der Waals surface area contributed by atoms with Gasteiger partial charge in [0.1, 0.15) is 11.4 Å². The lowest BCUT2D eigenvalue weighted by atomic mass is 10.1. The van der Waals surface area contributed by atoms with E-state index in [0.29, 0.717) is 18.7 Å². The van der Waals surface area contributed by atoms with Crippen molar-refractivity contribution in [1.82, 2.24) is 10.3 Å². The third-order valence-corrected chi connectivity index (χ3v) is 4.53. The summed E-state index contributed by atoms with van der Waals surface area (Å²) in [6, 6.07) is 17.6. The molecular formula is C23H25N3O2. The SMILES string of the molecule is COc1ccccc1CCNC(=O)c1ccc(Nc2ccc(C)cc2C)cn1. The number of pyridine rings is 1. The molecule has 144 valence electrons. The highest BCUT2D eigenvalue weighted by molar-refractivity contribution is 5.92. The van der Waals surface area contributed by atoms with Gasteiger partial charge >= 0.3 is 0 Å². The smallest absolute Gasteiger partial charge is 0.269 e. The van der Waals surface area contributed by atoms with E-state index >= 15 is 0 Å². The van der Waals surface area contributed by atoms with Crippen molar-refractivity contribution in [2.75, 3.05) is 19.0 Å². The quantitative estimate of drug-likeness (QED) is 0.641. The highest BCUT2D eigenvalue weighted by Crippen LogP contribution is 2.21. The molecule has 5 heteroatoms. The Morgan fingerprint density at radius 2 is 1.89 bits per heavy atom. The highest BCUT2D eigenvalue weighted by Gasteiger charge is 2.08. The number of aryl methyl sites for hydroxylation is 2. The molecule has 0 aliphatic rings. The molecule has 1 amide bonds. The van der Waals surface area contributed by atoms with E-state index in [1.165, 1.54) is 5.56 Å². The summed E-state index contributed by atoms with van der Waals surface area (Å²) in [5, 5.41) is 6.24. The van der Waals surface area contributed by atoms with Crippen molar-refractivity contribution < 1.29 is 9.53 Å². The molecule has 1 heterocycles. The molecule has 3 rings (SSSR count). The van der Waals surface area contributed by atoms with Crippen LogP contribution in [0.4, 0.5) is 11.4 Å². The van der Waals surface area contributed by atoms with Crippen LogP contribution in [0.3, 0.4) is 0 Å². The molecule has 0 unspecified atom stereocenters. The van der Waals surface area contributed by atoms with Crippen molar-refractivity contribution in [3.05, 3.63) is 83.2 Å². The van der Waals surface area contributed by atoms with Crippen LogP contribution >= 0.6 is 0 Å². The first kappa shape index (κ1) is 19.4. The minimum Gasteiger partial charge on any atom is -0.496 e.